The van der Waals surface area contributed by atoms with Gasteiger partial charge in [0.2, 0.25) is 0 Å². The zero-order chi connectivity index (χ0) is 8.34. The molecular weight excluding hydrogens is 150 g/mol. The molecule has 2 nitrogen and oxygen atoms in total. The van der Waals surface area contributed by atoms with E-state index in [0.29, 0.717) is 17.9 Å². The minimum atomic E-state index is 0.415. The molecule has 1 heterocycles. The lowest BCUT2D eigenvalue weighted by atomic mass is 9.53. The molecule has 1 N–H and O–H groups in total. The Hall–Kier alpha value is -0.0800. The molecule has 3 rings (SSSR count). The standard InChI is InChI=1S/C10H17NO/c1-11-8-2-3-10(8)5-7(6-12)4-9(10)11/h7-9,12H,2-6H2,1H3. The summed E-state index contributed by atoms with van der Waals surface area (Å²) in [5, 5.41) is 9.12. The third-order valence-corrected chi connectivity index (χ3v) is 4.68. The molecule has 2 saturated carbocycles. The van der Waals surface area contributed by atoms with Crippen LogP contribution in [-0.2, 0) is 0 Å². The summed E-state index contributed by atoms with van der Waals surface area (Å²) in [6.07, 6.45) is 5.40. The third-order valence-electron chi connectivity index (χ3n) is 4.68. The van der Waals surface area contributed by atoms with Crippen LogP contribution >= 0.6 is 0 Å². The molecule has 4 atom stereocenters. The second-order valence-electron chi connectivity index (χ2n) is 4.96. The molecule has 0 bridgehead atoms. The maximum absolute atomic E-state index is 9.12. The van der Waals surface area contributed by atoms with E-state index in [4.69, 9.17) is 5.11 Å². The van der Waals surface area contributed by atoms with E-state index in [-0.39, 0.29) is 0 Å². The van der Waals surface area contributed by atoms with Crippen molar-refractivity contribution in [3.05, 3.63) is 0 Å². The average Bonchev–Trinajstić information content (AvgIpc) is 2.41. The number of hydrogen-bond acceptors (Lipinski definition) is 2. The van der Waals surface area contributed by atoms with Crippen molar-refractivity contribution >= 4 is 0 Å². The Bertz CT molecular complexity index is 218. The minimum absolute atomic E-state index is 0.415. The summed E-state index contributed by atoms with van der Waals surface area (Å²) in [7, 11) is 2.26. The molecule has 0 aromatic heterocycles. The Morgan fingerprint density at radius 3 is 2.83 bits per heavy atom. The number of aliphatic hydroxyl groups excluding tert-OH is 1. The highest BCUT2D eigenvalue weighted by atomic mass is 16.3. The van der Waals surface area contributed by atoms with E-state index in [0.717, 1.165) is 12.1 Å². The van der Waals surface area contributed by atoms with E-state index >= 15 is 0 Å². The van der Waals surface area contributed by atoms with Crippen LogP contribution in [-0.4, -0.2) is 35.7 Å². The lowest BCUT2D eigenvalue weighted by Gasteiger charge is -2.67. The van der Waals surface area contributed by atoms with Crippen molar-refractivity contribution in [2.24, 2.45) is 11.3 Å². The molecule has 4 unspecified atom stereocenters. The minimum Gasteiger partial charge on any atom is -0.396 e. The molecule has 1 aliphatic heterocycles. The first-order chi connectivity index (χ1) is 5.78. The van der Waals surface area contributed by atoms with Gasteiger partial charge in [-0.05, 0) is 38.6 Å². The molecule has 2 heteroatoms. The van der Waals surface area contributed by atoms with Crippen LogP contribution in [0.3, 0.4) is 0 Å². The number of likely N-dealkylation sites (tertiary alicyclic amines) is 1. The maximum Gasteiger partial charge on any atom is 0.0460 e. The van der Waals surface area contributed by atoms with Crippen molar-refractivity contribution in [1.82, 2.24) is 4.90 Å². The van der Waals surface area contributed by atoms with E-state index in [2.05, 4.69) is 11.9 Å². The quantitative estimate of drug-likeness (QED) is 0.626. The molecule has 2 aliphatic carbocycles. The van der Waals surface area contributed by atoms with Gasteiger partial charge in [-0.3, -0.25) is 4.90 Å². The van der Waals surface area contributed by atoms with Crippen LogP contribution in [0.2, 0.25) is 0 Å². The SMILES string of the molecule is CN1C2CCC23CC(CO)CC13. The zero-order valence-corrected chi connectivity index (χ0v) is 7.66. The van der Waals surface area contributed by atoms with Crippen molar-refractivity contribution in [2.45, 2.75) is 37.8 Å². The molecule has 0 aromatic rings. The summed E-state index contributed by atoms with van der Waals surface area (Å²) in [6, 6.07) is 1.72. The molecule has 0 aromatic carbocycles. The topological polar surface area (TPSA) is 23.5 Å². The number of hydrogen-bond donors (Lipinski definition) is 1. The number of nitrogens with zero attached hydrogens (tertiary/aromatic N) is 1. The van der Waals surface area contributed by atoms with Gasteiger partial charge in [-0.2, -0.15) is 0 Å². The lowest BCUT2D eigenvalue weighted by molar-refractivity contribution is -0.174. The molecule has 3 fully saturated rings. The Kier molecular flexibility index (Phi) is 1.25. The van der Waals surface area contributed by atoms with E-state index in [1.54, 1.807) is 0 Å². The highest BCUT2D eigenvalue weighted by Gasteiger charge is 2.67. The van der Waals surface area contributed by atoms with Gasteiger partial charge in [0.1, 0.15) is 0 Å². The monoisotopic (exact) mass is 167 g/mol. The van der Waals surface area contributed by atoms with Crippen LogP contribution in [0.1, 0.15) is 25.7 Å². The molecule has 68 valence electrons. The number of piperidine rings is 1. The number of aliphatic hydroxyl groups is 1. The van der Waals surface area contributed by atoms with Crippen molar-refractivity contribution < 1.29 is 5.11 Å². The van der Waals surface area contributed by atoms with E-state index < -0.39 is 0 Å². The van der Waals surface area contributed by atoms with Crippen LogP contribution in [0.25, 0.3) is 0 Å². The van der Waals surface area contributed by atoms with Crippen LogP contribution in [0.15, 0.2) is 0 Å². The highest BCUT2D eigenvalue weighted by molar-refractivity contribution is 5.20. The second-order valence-corrected chi connectivity index (χ2v) is 4.96. The fourth-order valence-corrected chi connectivity index (χ4v) is 4.03. The van der Waals surface area contributed by atoms with Gasteiger partial charge in [0, 0.05) is 24.1 Å². The summed E-state index contributed by atoms with van der Waals surface area (Å²) in [6.45, 7) is 0.415. The summed E-state index contributed by atoms with van der Waals surface area (Å²) < 4.78 is 0. The van der Waals surface area contributed by atoms with Gasteiger partial charge in [-0.15, -0.1) is 0 Å². The van der Waals surface area contributed by atoms with Crippen LogP contribution < -0.4 is 0 Å². The van der Waals surface area contributed by atoms with Gasteiger partial charge in [0.05, 0.1) is 0 Å². The first-order valence-corrected chi connectivity index (χ1v) is 5.11. The maximum atomic E-state index is 9.12. The molecule has 12 heavy (non-hydrogen) atoms. The van der Waals surface area contributed by atoms with Crippen molar-refractivity contribution in [2.75, 3.05) is 13.7 Å². The Morgan fingerprint density at radius 1 is 1.50 bits per heavy atom. The van der Waals surface area contributed by atoms with Crippen molar-refractivity contribution in [3.63, 3.8) is 0 Å². The zero-order valence-electron chi connectivity index (χ0n) is 7.66. The van der Waals surface area contributed by atoms with Gasteiger partial charge in [-0.1, -0.05) is 0 Å². The van der Waals surface area contributed by atoms with Crippen molar-refractivity contribution in [3.8, 4) is 0 Å². The highest BCUT2D eigenvalue weighted by Crippen LogP contribution is 2.65. The van der Waals surface area contributed by atoms with E-state index in [1.807, 2.05) is 0 Å². The van der Waals surface area contributed by atoms with Crippen molar-refractivity contribution in [1.29, 1.82) is 0 Å². The third kappa shape index (κ3) is 0.579. The summed E-state index contributed by atoms with van der Waals surface area (Å²) >= 11 is 0. The summed E-state index contributed by atoms with van der Waals surface area (Å²) in [5.74, 6) is 0.614. The normalized spacial score (nSPS) is 57.0. The Balaban J connectivity index is 1.82. The van der Waals surface area contributed by atoms with Gasteiger partial charge >= 0.3 is 0 Å². The molecule has 1 spiro atoms. The summed E-state index contributed by atoms with van der Waals surface area (Å²) in [5.41, 5.74) is 0.683. The van der Waals surface area contributed by atoms with Gasteiger partial charge < -0.3 is 5.11 Å². The molecule has 0 radical (unpaired) electrons. The molecule has 1 saturated heterocycles. The predicted molar refractivity (Wildman–Crippen MR) is 46.8 cm³/mol. The van der Waals surface area contributed by atoms with Crippen LogP contribution in [0.5, 0.6) is 0 Å². The largest absolute Gasteiger partial charge is 0.396 e. The molecular formula is C10H17NO. The first-order valence-electron chi connectivity index (χ1n) is 5.11. The van der Waals surface area contributed by atoms with Gasteiger partial charge in [0.15, 0.2) is 0 Å². The predicted octanol–water partition coefficient (Wildman–Crippen LogP) is 0.851. The lowest BCUT2D eigenvalue weighted by Crippen LogP contribution is -2.73. The second kappa shape index (κ2) is 2.05. The van der Waals surface area contributed by atoms with Crippen LogP contribution in [0.4, 0.5) is 0 Å². The Labute approximate surface area is 73.6 Å². The molecule has 3 aliphatic rings. The average molecular weight is 167 g/mol. The van der Waals surface area contributed by atoms with Crippen LogP contribution in [0, 0.1) is 11.3 Å². The molecule has 0 amide bonds. The van der Waals surface area contributed by atoms with E-state index in [9.17, 15) is 0 Å². The van der Waals surface area contributed by atoms with Gasteiger partial charge in [0.25, 0.3) is 0 Å². The fourth-order valence-electron chi connectivity index (χ4n) is 4.03. The fraction of sp³-hybridized carbons (Fsp3) is 1.00. The summed E-state index contributed by atoms with van der Waals surface area (Å²) in [4.78, 5) is 2.54. The smallest absolute Gasteiger partial charge is 0.0460 e. The Morgan fingerprint density at radius 2 is 2.33 bits per heavy atom. The number of rotatable bonds is 1. The first kappa shape index (κ1) is 7.34. The van der Waals surface area contributed by atoms with Gasteiger partial charge in [-0.25, -0.2) is 0 Å². The van der Waals surface area contributed by atoms with E-state index in [1.165, 1.54) is 25.7 Å².